The van der Waals surface area contributed by atoms with Crippen molar-refractivity contribution in [1.82, 2.24) is 15.1 Å². The number of ether oxygens (including phenoxy) is 1. The van der Waals surface area contributed by atoms with Crippen molar-refractivity contribution in [2.75, 3.05) is 11.9 Å². The zero-order valence-corrected chi connectivity index (χ0v) is 22.8. The molecule has 1 aromatic carbocycles. The SMILES string of the molecule is CCOC(=O)c1c(NC(=S)NC(=O)c2ccc(Cn3cc(Br)cn3)cc2)sc2c1CCC(CC)C2. The summed E-state index contributed by atoms with van der Waals surface area (Å²) in [6.45, 7) is 4.89. The number of hydrogen-bond acceptors (Lipinski definition) is 6. The predicted molar refractivity (Wildman–Crippen MR) is 145 cm³/mol. The molecule has 0 fully saturated rings. The number of thiocarbonyl (C=S) groups is 1. The molecule has 0 bridgehead atoms. The highest BCUT2D eigenvalue weighted by atomic mass is 79.9. The van der Waals surface area contributed by atoms with Crippen molar-refractivity contribution >= 4 is 61.5 Å². The van der Waals surface area contributed by atoms with E-state index in [1.165, 1.54) is 16.2 Å². The minimum atomic E-state index is -0.351. The number of nitrogens with one attached hydrogen (secondary N) is 2. The number of nitrogens with zero attached hydrogens (tertiary/aromatic N) is 2. The van der Waals surface area contributed by atoms with Gasteiger partial charge in [0.1, 0.15) is 5.00 Å². The summed E-state index contributed by atoms with van der Waals surface area (Å²) in [6, 6.07) is 7.28. The molecule has 0 radical (unpaired) electrons. The Kier molecular flexibility index (Phi) is 8.35. The van der Waals surface area contributed by atoms with E-state index in [0.29, 0.717) is 35.2 Å². The van der Waals surface area contributed by atoms with E-state index >= 15 is 0 Å². The summed E-state index contributed by atoms with van der Waals surface area (Å²) in [4.78, 5) is 26.7. The minimum Gasteiger partial charge on any atom is -0.462 e. The summed E-state index contributed by atoms with van der Waals surface area (Å²) >= 11 is 10.3. The Morgan fingerprint density at radius 1 is 1.29 bits per heavy atom. The van der Waals surface area contributed by atoms with Gasteiger partial charge in [-0.3, -0.25) is 14.8 Å². The maximum absolute atomic E-state index is 12.8. The molecule has 7 nitrogen and oxygen atoms in total. The highest BCUT2D eigenvalue weighted by Gasteiger charge is 2.29. The van der Waals surface area contributed by atoms with E-state index in [0.717, 1.165) is 41.3 Å². The number of fused-ring (bicyclic) bond motifs is 1. The number of esters is 1. The van der Waals surface area contributed by atoms with Gasteiger partial charge in [0.25, 0.3) is 5.91 Å². The Balaban J connectivity index is 1.43. The molecule has 0 spiro atoms. The lowest BCUT2D eigenvalue weighted by Gasteiger charge is -2.21. The van der Waals surface area contributed by atoms with Gasteiger partial charge in [0, 0.05) is 16.6 Å². The van der Waals surface area contributed by atoms with Gasteiger partial charge in [0.15, 0.2) is 5.11 Å². The Hall–Kier alpha value is -2.56. The minimum absolute atomic E-state index is 0.150. The van der Waals surface area contributed by atoms with Crippen molar-refractivity contribution in [2.45, 2.75) is 46.1 Å². The number of thiophene rings is 1. The van der Waals surface area contributed by atoms with Gasteiger partial charge in [0.2, 0.25) is 0 Å². The second-order valence-corrected chi connectivity index (χ2v) is 10.8. The fraction of sp³-hybridized carbons (Fsp3) is 0.360. The first-order valence-corrected chi connectivity index (χ1v) is 13.6. The standard InChI is InChI=1S/C25H27BrN4O3S2/c1-3-15-7-10-19-20(11-15)35-23(21(19)24(32)33-4-2)29-25(34)28-22(31)17-8-5-16(6-9-17)13-30-14-18(26)12-27-30/h5-6,8-9,12,14-15H,3-4,7,10-11,13H2,1-2H3,(H2,28,29,31,34). The summed E-state index contributed by atoms with van der Waals surface area (Å²) in [6.07, 6.45) is 7.59. The summed E-state index contributed by atoms with van der Waals surface area (Å²) in [5.74, 6) is -0.0502. The molecule has 1 unspecified atom stereocenters. The van der Waals surface area contributed by atoms with Crippen LogP contribution in [0.4, 0.5) is 5.00 Å². The van der Waals surface area contributed by atoms with E-state index in [4.69, 9.17) is 17.0 Å². The van der Waals surface area contributed by atoms with Crippen molar-refractivity contribution in [2.24, 2.45) is 5.92 Å². The van der Waals surface area contributed by atoms with Crippen molar-refractivity contribution in [3.8, 4) is 0 Å². The Morgan fingerprint density at radius 3 is 2.71 bits per heavy atom. The molecular weight excluding hydrogens is 548 g/mol. The molecule has 4 rings (SSSR count). The van der Waals surface area contributed by atoms with Crippen LogP contribution in [-0.4, -0.2) is 33.4 Å². The summed E-state index contributed by atoms with van der Waals surface area (Å²) in [7, 11) is 0. The number of hydrogen-bond donors (Lipinski definition) is 2. The molecule has 1 aliphatic rings. The largest absolute Gasteiger partial charge is 0.462 e. The van der Waals surface area contributed by atoms with Crippen LogP contribution in [0.2, 0.25) is 0 Å². The molecule has 2 N–H and O–H groups in total. The number of halogens is 1. The molecule has 1 amide bonds. The second kappa shape index (κ2) is 11.5. The van der Waals surface area contributed by atoms with Crippen LogP contribution in [0.1, 0.15) is 63.4 Å². The molecule has 3 aromatic rings. The molecule has 0 aliphatic heterocycles. The zero-order chi connectivity index (χ0) is 24.9. The van der Waals surface area contributed by atoms with Crippen molar-refractivity contribution in [3.63, 3.8) is 0 Å². The number of carbonyl (C=O) groups is 2. The van der Waals surface area contributed by atoms with Gasteiger partial charge in [0.05, 0.1) is 29.4 Å². The van der Waals surface area contributed by atoms with Gasteiger partial charge in [-0.2, -0.15) is 5.10 Å². The number of amides is 1. The first kappa shape index (κ1) is 25.5. The third-order valence-electron chi connectivity index (χ3n) is 6.04. The predicted octanol–water partition coefficient (Wildman–Crippen LogP) is 5.57. The van der Waals surface area contributed by atoms with Gasteiger partial charge < -0.3 is 10.1 Å². The first-order chi connectivity index (χ1) is 16.9. The molecule has 2 heterocycles. The van der Waals surface area contributed by atoms with E-state index < -0.39 is 0 Å². The number of carbonyl (C=O) groups excluding carboxylic acids is 2. The van der Waals surface area contributed by atoms with Crippen molar-refractivity contribution in [3.05, 3.63) is 68.3 Å². The molecule has 1 atom stereocenters. The van der Waals surface area contributed by atoms with Crippen LogP contribution in [-0.2, 0) is 24.1 Å². The lowest BCUT2D eigenvalue weighted by molar-refractivity contribution is 0.0526. The molecule has 184 valence electrons. The quantitative estimate of drug-likeness (QED) is 0.283. The number of anilines is 1. The van der Waals surface area contributed by atoms with E-state index in [1.54, 1.807) is 25.3 Å². The topological polar surface area (TPSA) is 85.3 Å². The fourth-order valence-corrected chi connectivity index (χ4v) is 6.13. The van der Waals surface area contributed by atoms with Gasteiger partial charge in [-0.05, 0) is 83.5 Å². The van der Waals surface area contributed by atoms with Crippen LogP contribution < -0.4 is 10.6 Å². The third kappa shape index (κ3) is 6.17. The van der Waals surface area contributed by atoms with Crippen LogP contribution in [0.5, 0.6) is 0 Å². The zero-order valence-electron chi connectivity index (χ0n) is 19.6. The molecule has 10 heteroatoms. The Morgan fingerprint density at radius 2 is 2.06 bits per heavy atom. The van der Waals surface area contributed by atoms with Crippen molar-refractivity contribution < 1.29 is 14.3 Å². The number of benzene rings is 1. The number of rotatable bonds is 7. The van der Waals surface area contributed by atoms with Crippen LogP contribution in [0.15, 0.2) is 41.1 Å². The van der Waals surface area contributed by atoms with Gasteiger partial charge in [-0.15, -0.1) is 11.3 Å². The van der Waals surface area contributed by atoms with Crippen LogP contribution in [0, 0.1) is 5.92 Å². The van der Waals surface area contributed by atoms with Gasteiger partial charge >= 0.3 is 5.97 Å². The van der Waals surface area contributed by atoms with Gasteiger partial charge in [-0.25, -0.2) is 4.79 Å². The summed E-state index contributed by atoms with van der Waals surface area (Å²) in [5, 5.41) is 10.8. The van der Waals surface area contributed by atoms with Gasteiger partial charge in [-0.1, -0.05) is 25.5 Å². The smallest absolute Gasteiger partial charge is 0.341 e. The Labute approximate surface area is 222 Å². The maximum atomic E-state index is 12.8. The van der Waals surface area contributed by atoms with Crippen LogP contribution >= 0.6 is 39.5 Å². The average Bonchev–Trinajstić information content (AvgIpc) is 3.41. The lowest BCUT2D eigenvalue weighted by atomic mass is 9.86. The monoisotopic (exact) mass is 574 g/mol. The molecule has 0 saturated carbocycles. The van der Waals surface area contributed by atoms with Crippen LogP contribution in [0.3, 0.4) is 0 Å². The normalized spacial score (nSPS) is 14.8. The molecule has 35 heavy (non-hydrogen) atoms. The first-order valence-electron chi connectivity index (χ1n) is 11.6. The van der Waals surface area contributed by atoms with E-state index in [-0.39, 0.29) is 17.0 Å². The number of aromatic nitrogens is 2. The molecule has 2 aromatic heterocycles. The fourth-order valence-electron chi connectivity index (χ4n) is 4.19. The van der Waals surface area contributed by atoms with E-state index in [2.05, 4.69) is 38.6 Å². The molecule has 1 aliphatic carbocycles. The van der Waals surface area contributed by atoms with Crippen molar-refractivity contribution in [1.29, 1.82) is 0 Å². The highest BCUT2D eigenvalue weighted by molar-refractivity contribution is 9.10. The van der Waals surface area contributed by atoms with E-state index in [1.807, 2.05) is 23.0 Å². The Bertz CT molecular complexity index is 1240. The molecular formula is C25H27BrN4O3S2. The third-order valence-corrected chi connectivity index (χ3v) is 7.82. The maximum Gasteiger partial charge on any atom is 0.341 e. The average molecular weight is 576 g/mol. The summed E-state index contributed by atoms with van der Waals surface area (Å²) < 4.78 is 8.04. The lowest BCUT2D eigenvalue weighted by Crippen LogP contribution is -2.34. The van der Waals surface area contributed by atoms with Crippen LogP contribution in [0.25, 0.3) is 0 Å². The summed E-state index contributed by atoms with van der Waals surface area (Å²) in [5.41, 5.74) is 3.11. The molecule has 0 saturated heterocycles. The highest BCUT2D eigenvalue weighted by Crippen LogP contribution is 2.40. The van der Waals surface area contributed by atoms with E-state index in [9.17, 15) is 9.59 Å². The second-order valence-electron chi connectivity index (χ2n) is 8.41.